The van der Waals surface area contributed by atoms with Gasteiger partial charge in [-0.1, -0.05) is 19.9 Å². The zero-order valence-corrected chi connectivity index (χ0v) is 11.0. The lowest BCUT2D eigenvalue weighted by molar-refractivity contribution is 0.199. The van der Waals surface area contributed by atoms with Crippen LogP contribution in [0.2, 0.25) is 0 Å². The summed E-state index contributed by atoms with van der Waals surface area (Å²) in [6.45, 7) is 8.57. The largest absolute Gasteiger partial charge is 0.389 e. The molecule has 3 nitrogen and oxygen atoms in total. The fourth-order valence-corrected chi connectivity index (χ4v) is 2.17. The standard InChI is InChI=1S/C14H22N2O/c1-11(17)12-4-5-13(15-10-12)16-8-6-14(2,3)7-9-16/h4-5,10-11,17H,6-9H2,1-3H3/t11-/m1/s1. The van der Waals surface area contributed by atoms with Gasteiger partial charge in [-0.3, -0.25) is 0 Å². The summed E-state index contributed by atoms with van der Waals surface area (Å²) in [6, 6.07) is 3.98. The number of aromatic nitrogens is 1. The highest BCUT2D eigenvalue weighted by atomic mass is 16.3. The van der Waals surface area contributed by atoms with Gasteiger partial charge in [-0.05, 0) is 36.8 Å². The highest BCUT2D eigenvalue weighted by Crippen LogP contribution is 2.31. The molecule has 1 aromatic heterocycles. The molecular formula is C14H22N2O. The van der Waals surface area contributed by atoms with Gasteiger partial charge in [-0.25, -0.2) is 4.98 Å². The van der Waals surface area contributed by atoms with Crippen molar-refractivity contribution in [3.05, 3.63) is 23.9 Å². The Morgan fingerprint density at radius 1 is 1.29 bits per heavy atom. The first-order chi connectivity index (χ1) is 7.98. The second-order valence-corrected chi connectivity index (χ2v) is 5.78. The van der Waals surface area contributed by atoms with E-state index in [0.717, 1.165) is 24.5 Å². The number of hydrogen-bond donors (Lipinski definition) is 1. The van der Waals surface area contributed by atoms with Crippen LogP contribution in [0.25, 0.3) is 0 Å². The number of rotatable bonds is 2. The van der Waals surface area contributed by atoms with Gasteiger partial charge in [0.05, 0.1) is 6.10 Å². The molecule has 0 spiro atoms. The Kier molecular flexibility index (Phi) is 3.38. The van der Waals surface area contributed by atoms with Gasteiger partial charge in [-0.2, -0.15) is 0 Å². The highest BCUT2D eigenvalue weighted by Gasteiger charge is 2.25. The molecule has 1 atom stereocenters. The Morgan fingerprint density at radius 3 is 2.41 bits per heavy atom. The minimum atomic E-state index is -0.433. The van der Waals surface area contributed by atoms with E-state index in [2.05, 4.69) is 23.7 Å². The molecule has 0 unspecified atom stereocenters. The summed E-state index contributed by atoms with van der Waals surface area (Å²) in [4.78, 5) is 6.77. The van der Waals surface area contributed by atoms with Crippen molar-refractivity contribution in [1.82, 2.24) is 4.98 Å². The molecule has 0 saturated carbocycles. The first kappa shape index (κ1) is 12.4. The van der Waals surface area contributed by atoms with Gasteiger partial charge in [0.25, 0.3) is 0 Å². The van der Waals surface area contributed by atoms with Crippen molar-refractivity contribution < 1.29 is 5.11 Å². The van der Waals surface area contributed by atoms with Gasteiger partial charge >= 0.3 is 0 Å². The van der Waals surface area contributed by atoms with Gasteiger partial charge < -0.3 is 10.0 Å². The van der Waals surface area contributed by atoms with Gasteiger partial charge in [-0.15, -0.1) is 0 Å². The molecule has 1 saturated heterocycles. The number of nitrogens with zero attached hydrogens (tertiary/aromatic N) is 2. The topological polar surface area (TPSA) is 36.4 Å². The summed E-state index contributed by atoms with van der Waals surface area (Å²) in [7, 11) is 0. The fourth-order valence-electron chi connectivity index (χ4n) is 2.17. The Labute approximate surface area is 103 Å². The minimum absolute atomic E-state index is 0.433. The van der Waals surface area contributed by atoms with E-state index in [1.54, 1.807) is 13.1 Å². The summed E-state index contributed by atoms with van der Waals surface area (Å²) in [6.07, 6.45) is 3.77. The monoisotopic (exact) mass is 234 g/mol. The van der Waals surface area contributed by atoms with Crippen LogP contribution in [-0.4, -0.2) is 23.2 Å². The predicted octanol–water partition coefficient (Wildman–Crippen LogP) is 2.76. The molecule has 1 aromatic rings. The molecule has 0 radical (unpaired) electrons. The molecule has 1 fully saturated rings. The average Bonchev–Trinajstić information content (AvgIpc) is 2.29. The zero-order chi connectivity index (χ0) is 12.5. The molecule has 0 amide bonds. The van der Waals surface area contributed by atoms with Crippen molar-refractivity contribution in [2.24, 2.45) is 5.41 Å². The third kappa shape index (κ3) is 2.97. The van der Waals surface area contributed by atoms with Crippen LogP contribution in [0.5, 0.6) is 0 Å². The summed E-state index contributed by atoms with van der Waals surface area (Å²) >= 11 is 0. The average molecular weight is 234 g/mol. The number of aliphatic hydroxyl groups is 1. The highest BCUT2D eigenvalue weighted by molar-refractivity contribution is 5.40. The Hall–Kier alpha value is -1.09. The molecule has 0 aromatic carbocycles. The molecule has 17 heavy (non-hydrogen) atoms. The number of anilines is 1. The van der Waals surface area contributed by atoms with Crippen molar-refractivity contribution in [2.75, 3.05) is 18.0 Å². The SMILES string of the molecule is C[C@@H](O)c1ccc(N2CCC(C)(C)CC2)nc1. The van der Waals surface area contributed by atoms with E-state index in [9.17, 15) is 5.11 Å². The second kappa shape index (κ2) is 4.65. The first-order valence-corrected chi connectivity index (χ1v) is 6.37. The Bertz CT molecular complexity index is 360. The molecule has 2 heterocycles. The van der Waals surface area contributed by atoms with Crippen LogP contribution in [0.15, 0.2) is 18.3 Å². The summed E-state index contributed by atoms with van der Waals surface area (Å²) in [5, 5.41) is 9.44. The molecule has 1 aliphatic heterocycles. The quantitative estimate of drug-likeness (QED) is 0.854. The minimum Gasteiger partial charge on any atom is -0.389 e. The van der Waals surface area contributed by atoms with E-state index in [1.165, 1.54) is 12.8 Å². The van der Waals surface area contributed by atoms with Crippen molar-refractivity contribution in [1.29, 1.82) is 0 Å². The number of aliphatic hydroxyl groups excluding tert-OH is 1. The maximum Gasteiger partial charge on any atom is 0.128 e. The van der Waals surface area contributed by atoms with Crippen LogP contribution < -0.4 is 4.90 Å². The number of pyridine rings is 1. The maximum atomic E-state index is 9.44. The summed E-state index contributed by atoms with van der Waals surface area (Å²) in [5.74, 6) is 1.03. The van der Waals surface area contributed by atoms with Crippen LogP contribution >= 0.6 is 0 Å². The molecule has 3 heteroatoms. The lowest BCUT2D eigenvalue weighted by atomic mass is 9.83. The summed E-state index contributed by atoms with van der Waals surface area (Å²) in [5.41, 5.74) is 1.35. The zero-order valence-electron chi connectivity index (χ0n) is 11.0. The van der Waals surface area contributed by atoms with E-state index in [1.807, 2.05) is 12.1 Å². The first-order valence-electron chi connectivity index (χ1n) is 6.37. The van der Waals surface area contributed by atoms with Crippen LogP contribution in [0.4, 0.5) is 5.82 Å². The van der Waals surface area contributed by atoms with Crippen LogP contribution in [0.3, 0.4) is 0 Å². The molecule has 0 aliphatic carbocycles. The van der Waals surface area contributed by atoms with Crippen molar-refractivity contribution >= 4 is 5.82 Å². The smallest absolute Gasteiger partial charge is 0.128 e. The van der Waals surface area contributed by atoms with Gasteiger partial charge in [0.2, 0.25) is 0 Å². The van der Waals surface area contributed by atoms with E-state index < -0.39 is 6.10 Å². The summed E-state index contributed by atoms with van der Waals surface area (Å²) < 4.78 is 0. The van der Waals surface area contributed by atoms with Crippen molar-refractivity contribution in [3.63, 3.8) is 0 Å². The maximum absolute atomic E-state index is 9.44. The van der Waals surface area contributed by atoms with Gasteiger partial charge in [0.1, 0.15) is 5.82 Å². The van der Waals surface area contributed by atoms with Gasteiger partial charge in [0.15, 0.2) is 0 Å². The molecule has 1 N–H and O–H groups in total. The van der Waals surface area contributed by atoms with E-state index in [4.69, 9.17) is 0 Å². The fraction of sp³-hybridized carbons (Fsp3) is 0.643. The van der Waals surface area contributed by atoms with Crippen LogP contribution in [0.1, 0.15) is 45.3 Å². The molecule has 0 bridgehead atoms. The van der Waals surface area contributed by atoms with Crippen molar-refractivity contribution in [2.45, 2.75) is 39.7 Å². The van der Waals surface area contributed by atoms with Crippen LogP contribution in [-0.2, 0) is 0 Å². The van der Waals surface area contributed by atoms with Gasteiger partial charge in [0, 0.05) is 19.3 Å². The Morgan fingerprint density at radius 2 is 1.94 bits per heavy atom. The van der Waals surface area contributed by atoms with Crippen molar-refractivity contribution in [3.8, 4) is 0 Å². The predicted molar refractivity (Wildman–Crippen MR) is 70.1 cm³/mol. The lowest BCUT2D eigenvalue weighted by Crippen LogP contribution is -2.37. The van der Waals surface area contributed by atoms with E-state index >= 15 is 0 Å². The normalized spacial score (nSPS) is 21.3. The third-order valence-electron chi connectivity index (χ3n) is 3.69. The van der Waals surface area contributed by atoms with Crippen LogP contribution in [0, 0.1) is 5.41 Å². The molecular weight excluding hydrogens is 212 g/mol. The molecule has 1 aliphatic rings. The number of hydrogen-bond acceptors (Lipinski definition) is 3. The third-order valence-corrected chi connectivity index (χ3v) is 3.69. The lowest BCUT2D eigenvalue weighted by Gasteiger charge is -2.37. The van der Waals surface area contributed by atoms with E-state index in [-0.39, 0.29) is 0 Å². The number of piperidine rings is 1. The molecule has 94 valence electrons. The molecule has 2 rings (SSSR count). The van der Waals surface area contributed by atoms with E-state index in [0.29, 0.717) is 5.41 Å². The second-order valence-electron chi connectivity index (χ2n) is 5.78. The Balaban J connectivity index is 2.04.